The van der Waals surface area contributed by atoms with Crippen molar-refractivity contribution in [3.05, 3.63) is 78.4 Å². The Bertz CT molecular complexity index is 877. The van der Waals surface area contributed by atoms with Crippen molar-refractivity contribution in [2.75, 3.05) is 12.4 Å². The van der Waals surface area contributed by atoms with Crippen LogP contribution in [-0.4, -0.2) is 29.9 Å². The molecule has 2 N–H and O–H groups in total. The van der Waals surface area contributed by atoms with Gasteiger partial charge in [-0.1, -0.05) is 30.3 Å². The van der Waals surface area contributed by atoms with Gasteiger partial charge in [0.2, 0.25) is 11.8 Å². The third-order valence-corrected chi connectivity index (χ3v) is 3.86. The molecule has 0 saturated heterocycles. The van der Waals surface area contributed by atoms with Crippen LogP contribution >= 0.6 is 0 Å². The van der Waals surface area contributed by atoms with Gasteiger partial charge in [0.15, 0.2) is 5.76 Å². The van der Waals surface area contributed by atoms with E-state index in [4.69, 9.17) is 9.15 Å². The fourth-order valence-electron chi connectivity index (χ4n) is 2.50. The topological polar surface area (TPSA) is 93.5 Å². The number of amides is 2. The van der Waals surface area contributed by atoms with Crippen LogP contribution in [-0.2, 0) is 11.2 Å². The number of carbonyl (C=O) groups is 2. The van der Waals surface area contributed by atoms with Crippen LogP contribution in [0.5, 0.6) is 5.88 Å². The van der Waals surface area contributed by atoms with Crippen molar-refractivity contribution in [3.63, 3.8) is 0 Å². The number of pyridine rings is 1. The molecule has 27 heavy (non-hydrogen) atoms. The molecule has 0 radical (unpaired) electrons. The van der Waals surface area contributed by atoms with Crippen LogP contribution < -0.4 is 15.4 Å². The summed E-state index contributed by atoms with van der Waals surface area (Å²) in [7, 11) is 1.51. The zero-order chi connectivity index (χ0) is 19.1. The number of ether oxygens (including phenoxy) is 1. The highest BCUT2D eigenvalue weighted by atomic mass is 16.5. The summed E-state index contributed by atoms with van der Waals surface area (Å²) in [5.41, 5.74) is 1.43. The molecule has 1 atom stereocenters. The average Bonchev–Trinajstić information content (AvgIpc) is 3.24. The van der Waals surface area contributed by atoms with E-state index in [1.54, 1.807) is 24.3 Å². The summed E-state index contributed by atoms with van der Waals surface area (Å²) in [5.74, 6) is -0.221. The molecule has 0 unspecified atom stereocenters. The maximum Gasteiger partial charge on any atom is 0.287 e. The Morgan fingerprint density at radius 2 is 1.93 bits per heavy atom. The van der Waals surface area contributed by atoms with Gasteiger partial charge in [-0.25, -0.2) is 4.98 Å². The van der Waals surface area contributed by atoms with E-state index in [1.807, 2.05) is 30.3 Å². The van der Waals surface area contributed by atoms with E-state index in [-0.39, 0.29) is 11.7 Å². The van der Waals surface area contributed by atoms with E-state index in [0.717, 1.165) is 5.56 Å². The molecular formula is C20H19N3O4. The standard InChI is InChI=1S/C20H19N3O4/c1-26-18-10-9-15(13-21-18)22-19(24)16(12-14-6-3-2-4-7-14)23-20(25)17-8-5-11-27-17/h2-11,13,16H,12H2,1H3,(H,22,24)(H,23,25)/t16-/m0/s1. The zero-order valence-corrected chi connectivity index (χ0v) is 14.7. The third kappa shape index (κ3) is 4.94. The molecule has 2 aromatic heterocycles. The molecule has 0 aliphatic heterocycles. The van der Waals surface area contributed by atoms with E-state index in [2.05, 4.69) is 15.6 Å². The quantitative estimate of drug-likeness (QED) is 0.671. The predicted octanol–water partition coefficient (Wildman–Crippen LogP) is 2.66. The molecule has 0 saturated carbocycles. The Morgan fingerprint density at radius 1 is 1.11 bits per heavy atom. The highest BCUT2D eigenvalue weighted by molar-refractivity contribution is 6.00. The first kappa shape index (κ1) is 18.2. The lowest BCUT2D eigenvalue weighted by Gasteiger charge is -2.18. The predicted molar refractivity (Wildman–Crippen MR) is 99.5 cm³/mol. The summed E-state index contributed by atoms with van der Waals surface area (Å²) in [6, 6.07) is 15.1. The number of methoxy groups -OCH3 is 1. The average molecular weight is 365 g/mol. The van der Waals surface area contributed by atoms with E-state index in [9.17, 15) is 9.59 Å². The molecule has 7 heteroatoms. The molecular weight excluding hydrogens is 346 g/mol. The molecule has 2 amide bonds. The first-order valence-electron chi connectivity index (χ1n) is 8.35. The number of hydrogen-bond donors (Lipinski definition) is 2. The van der Waals surface area contributed by atoms with Crippen molar-refractivity contribution in [3.8, 4) is 5.88 Å². The fraction of sp³-hybridized carbons (Fsp3) is 0.150. The van der Waals surface area contributed by atoms with Gasteiger partial charge in [0.05, 0.1) is 25.3 Å². The van der Waals surface area contributed by atoms with Gasteiger partial charge in [0, 0.05) is 12.5 Å². The molecule has 0 fully saturated rings. The Balaban J connectivity index is 1.74. The van der Waals surface area contributed by atoms with Gasteiger partial charge in [-0.05, 0) is 23.8 Å². The molecule has 0 aliphatic carbocycles. The number of rotatable bonds is 7. The molecule has 138 valence electrons. The van der Waals surface area contributed by atoms with Gasteiger partial charge in [0.1, 0.15) is 6.04 Å². The van der Waals surface area contributed by atoms with Crippen LogP contribution in [0.4, 0.5) is 5.69 Å². The highest BCUT2D eigenvalue weighted by Crippen LogP contribution is 2.13. The molecule has 7 nitrogen and oxygen atoms in total. The number of benzene rings is 1. The third-order valence-electron chi connectivity index (χ3n) is 3.86. The smallest absolute Gasteiger partial charge is 0.287 e. The number of nitrogens with one attached hydrogen (secondary N) is 2. The minimum Gasteiger partial charge on any atom is -0.481 e. The van der Waals surface area contributed by atoms with Crippen LogP contribution in [0.15, 0.2) is 71.5 Å². The van der Waals surface area contributed by atoms with Gasteiger partial charge in [-0.3, -0.25) is 9.59 Å². The fourth-order valence-corrected chi connectivity index (χ4v) is 2.50. The van der Waals surface area contributed by atoms with E-state index < -0.39 is 11.9 Å². The van der Waals surface area contributed by atoms with Crippen LogP contribution in [0.3, 0.4) is 0 Å². The van der Waals surface area contributed by atoms with Crippen LogP contribution in [0.1, 0.15) is 16.1 Å². The summed E-state index contributed by atoms with van der Waals surface area (Å²) in [6.07, 6.45) is 3.23. The van der Waals surface area contributed by atoms with Gasteiger partial charge < -0.3 is 19.8 Å². The lowest BCUT2D eigenvalue weighted by Crippen LogP contribution is -2.45. The summed E-state index contributed by atoms with van der Waals surface area (Å²) < 4.78 is 10.1. The Kier molecular flexibility index (Phi) is 5.84. The SMILES string of the molecule is COc1ccc(NC(=O)[C@H](Cc2ccccc2)NC(=O)c2ccco2)cn1. The van der Waals surface area contributed by atoms with E-state index in [0.29, 0.717) is 18.0 Å². The Morgan fingerprint density at radius 3 is 2.56 bits per heavy atom. The first-order valence-corrected chi connectivity index (χ1v) is 8.35. The summed E-state index contributed by atoms with van der Waals surface area (Å²) in [6.45, 7) is 0. The normalized spacial score (nSPS) is 11.4. The summed E-state index contributed by atoms with van der Waals surface area (Å²) in [4.78, 5) is 29.1. The van der Waals surface area contributed by atoms with Crippen LogP contribution in [0.2, 0.25) is 0 Å². The van der Waals surface area contributed by atoms with Crippen molar-refractivity contribution >= 4 is 17.5 Å². The Hall–Kier alpha value is -3.61. The lowest BCUT2D eigenvalue weighted by atomic mass is 10.0. The van der Waals surface area contributed by atoms with Gasteiger partial charge in [-0.2, -0.15) is 0 Å². The van der Waals surface area contributed by atoms with E-state index >= 15 is 0 Å². The maximum atomic E-state index is 12.8. The van der Waals surface area contributed by atoms with Gasteiger partial charge >= 0.3 is 0 Å². The lowest BCUT2D eigenvalue weighted by molar-refractivity contribution is -0.118. The number of hydrogen-bond acceptors (Lipinski definition) is 5. The van der Waals surface area contributed by atoms with Crippen molar-refractivity contribution < 1.29 is 18.7 Å². The maximum absolute atomic E-state index is 12.8. The second-order valence-corrected chi connectivity index (χ2v) is 5.77. The highest BCUT2D eigenvalue weighted by Gasteiger charge is 2.23. The van der Waals surface area contributed by atoms with Gasteiger partial charge in [-0.15, -0.1) is 0 Å². The van der Waals surface area contributed by atoms with Crippen LogP contribution in [0, 0.1) is 0 Å². The zero-order valence-electron chi connectivity index (χ0n) is 14.7. The minimum absolute atomic E-state index is 0.145. The number of carbonyl (C=O) groups excluding carboxylic acids is 2. The molecule has 1 aromatic carbocycles. The number of nitrogens with zero attached hydrogens (tertiary/aromatic N) is 1. The van der Waals surface area contributed by atoms with Gasteiger partial charge in [0.25, 0.3) is 5.91 Å². The number of aromatic nitrogens is 1. The number of furan rings is 1. The minimum atomic E-state index is -0.785. The second kappa shape index (κ2) is 8.66. The largest absolute Gasteiger partial charge is 0.481 e. The molecule has 2 heterocycles. The molecule has 0 aliphatic rings. The van der Waals surface area contributed by atoms with Crippen LogP contribution in [0.25, 0.3) is 0 Å². The molecule has 3 rings (SSSR count). The Labute approximate surface area is 156 Å². The number of anilines is 1. The molecule has 0 spiro atoms. The van der Waals surface area contributed by atoms with Crippen molar-refractivity contribution in [1.82, 2.24) is 10.3 Å². The molecule has 3 aromatic rings. The summed E-state index contributed by atoms with van der Waals surface area (Å²) in [5, 5.41) is 5.48. The summed E-state index contributed by atoms with van der Waals surface area (Å²) >= 11 is 0. The van der Waals surface area contributed by atoms with Crippen molar-refractivity contribution in [1.29, 1.82) is 0 Å². The van der Waals surface area contributed by atoms with Crippen molar-refractivity contribution in [2.45, 2.75) is 12.5 Å². The monoisotopic (exact) mass is 365 g/mol. The first-order chi connectivity index (χ1) is 13.2. The van der Waals surface area contributed by atoms with E-state index in [1.165, 1.54) is 19.6 Å². The molecule has 0 bridgehead atoms. The van der Waals surface area contributed by atoms with Crippen molar-refractivity contribution in [2.24, 2.45) is 0 Å². The second-order valence-electron chi connectivity index (χ2n) is 5.77.